The number of pyridine rings is 1. The fraction of sp³-hybridized carbons (Fsp3) is 0.318. The Bertz CT molecular complexity index is 1070. The molecular weight excluding hydrogens is 396 g/mol. The molecule has 1 aliphatic rings. The average molecular weight is 420 g/mol. The van der Waals surface area contributed by atoms with Crippen molar-refractivity contribution < 1.29 is 14.1 Å². The molecule has 1 aromatic carbocycles. The number of hydrogen-bond donors (Lipinski definition) is 2. The summed E-state index contributed by atoms with van der Waals surface area (Å²) < 4.78 is 5.45. The van der Waals surface area contributed by atoms with Gasteiger partial charge in [-0.25, -0.2) is 4.79 Å². The van der Waals surface area contributed by atoms with Gasteiger partial charge in [0.15, 0.2) is 0 Å². The van der Waals surface area contributed by atoms with Crippen molar-refractivity contribution in [2.45, 2.75) is 32.6 Å². The number of piperidine rings is 1. The molecular formula is C22H24N6O3. The van der Waals surface area contributed by atoms with Crippen molar-refractivity contribution in [1.29, 1.82) is 0 Å². The van der Waals surface area contributed by atoms with Crippen molar-refractivity contribution in [3.8, 4) is 11.5 Å². The van der Waals surface area contributed by atoms with Gasteiger partial charge in [-0.1, -0.05) is 17.3 Å². The highest BCUT2D eigenvalue weighted by Crippen LogP contribution is 2.29. The van der Waals surface area contributed by atoms with Gasteiger partial charge in [0, 0.05) is 43.5 Å². The lowest BCUT2D eigenvalue weighted by Crippen LogP contribution is -2.40. The summed E-state index contributed by atoms with van der Waals surface area (Å²) in [5.74, 6) is 1.02. The lowest BCUT2D eigenvalue weighted by molar-refractivity contribution is -0.114. The minimum absolute atomic E-state index is 0.111. The molecule has 3 heterocycles. The highest BCUT2D eigenvalue weighted by molar-refractivity contribution is 5.93. The van der Waals surface area contributed by atoms with Crippen LogP contribution in [0.5, 0.6) is 0 Å². The second-order valence-electron chi connectivity index (χ2n) is 7.57. The molecule has 4 rings (SSSR count). The number of likely N-dealkylation sites (tertiary alicyclic amines) is 1. The molecule has 2 aromatic heterocycles. The molecule has 0 unspecified atom stereocenters. The molecule has 1 aliphatic heterocycles. The Morgan fingerprint density at radius 3 is 2.65 bits per heavy atom. The predicted molar refractivity (Wildman–Crippen MR) is 116 cm³/mol. The minimum Gasteiger partial charge on any atom is -0.339 e. The number of carbonyl (C=O) groups excluding carboxylic acids is 2. The van der Waals surface area contributed by atoms with Gasteiger partial charge < -0.3 is 20.1 Å². The maximum absolute atomic E-state index is 12.7. The average Bonchev–Trinajstić information content (AvgIpc) is 3.27. The number of hydrogen-bond acceptors (Lipinski definition) is 6. The SMILES string of the molecule is CC(=O)Nc1cc(NC(=O)N2CCC(c3nc(-c4ccccn4)no3)CC2)ccc1C. The molecule has 0 radical (unpaired) electrons. The van der Waals surface area contributed by atoms with E-state index in [-0.39, 0.29) is 17.9 Å². The van der Waals surface area contributed by atoms with Crippen molar-refractivity contribution in [3.63, 3.8) is 0 Å². The highest BCUT2D eigenvalue weighted by atomic mass is 16.5. The van der Waals surface area contributed by atoms with E-state index >= 15 is 0 Å². The van der Waals surface area contributed by atoms with Gasteiger partial charge in [-0.15, -0.1) is 0 Å². The molecule has 0 saturated carbocycles. The number of aromatic nitrogens is 3. The van der Waals surface area contributed by atoms with E-state index in [0.29, 0.717) is 41.9 Å². The van der Waals surface area contributed by atoms with Crippen LogP contribution >= 0.6 is 0 Å². The van der Waals surface area contributed by atoms with Crippen LogP contribution in [-0.2, 0) is 4.79 Å². The van der Waals surface area contributed by atoms with Crippen molar-refractivity contribution in [1.82, 2.24) is 20.0 Å². The smallest absolute Gasteiger partial charge is 0.321 e. The second-order valence-corrected chi connectivity index (χ2v) is 7.57. The maximum Gasteiger partial charge on any atom is 0.321 e. The molecule has 1 saturated heterocycles. The first kappa shape index (κ1) is 20.5. The van der Waals surface area contributed by atoms with E-state index in [1.807, 2.05) is 37.3 Å². The van der Waals surface area contributed by atoms with Crippen LogP contribution < -0.4 is 10.6 Å². The molecule has 2 N–H and O–H groups in total. The van der Waals surface area contributed by atoms with E-state index in [0.717, 1.165) is 18.4 Å². The molecule has 0 spiro atoms. The van der Waals surface area contributed by atoms with Crippen LogP contribution in [0.4, 0.5) is 16.2 Å². The summed E-state index contributed by atoms with van der Waals surface area (Å²) in [6.45, 7) is 4.53. The van der Waals surface area contributed by atoms with Gasteiger partial charge in [0.2, 0.25) is 17.6 Å². The van der Waals surface area contributed by atoms with Crippen LogP contribution in [0.1, 0.15) is 37.1 Å². The summed E-state index contributed by atoms with van der Waals surface area (Å²) in [5.41, 5.74) is 2.92. The third-order valence-electron chi connectivity index (χ3n) is 5.27. The van der Waals surface area contributed by atoms with Gasteiger partial charge in [0.1, 0.15) is 5.69 Å². The van der Waals surface area contributed by atoms with E-state index in [9.17, 15) is 9.59 Å². The Hall–Kier alpha value is -3.75. The van der Waals surface area contributed by atoms with E-state index < -0.39 is 0 Å². The molecule has 3 amide bonds. The molecule has 160 valence electrons. The van der Waals surface area contributed by atoms with Crippen LogP contribution in [0, 0.1) is 6.92 Å². The Balaban J connectivity index is 1.34. The summed E-state index contributed by atoms with van der Waals surface area (Å²) >= 11 is 0. The van der Waals surface area contributed by atoms with Gasteiger partial charge in [0.25, 0.3) is 0 Å². The zero-order chi connectivity index (χ0) is 21.8. The normalized spacial score (nSPS) is 14.3. The molecule has 0 bridgehead atoms. The van der Waals surface area contributed by atoms with E-state index in [4.69, 9.17) is 4.52 Å². The Morgan fingerprint density at radius 2 is 1.94 bits per heavy atom. The van der Waals surface area contributed by atoms with Crippen LogP contribution in [-0.4, -0.2) is 45.1 Å². The van der Waals surface area contributed by atoms with Gasteiger partial charge in [-0.3, -0.25) is 9.78 Å². The van der Waals surface area contributed by atoms with Crippen LogP contribution in [0.2, 0.25) is 0 Å². The molecule has 31 heavy (non-hydrogen) atoms. The number of urea groups is 1. The van der Waals surface area contributed by atoms with Crippen molar-refractivity contribution in [3.05, 3.63) is 54.0 Å². The summed E-state index contributed by atoms with van der Waals surface area (Å²) in [6.07, 6.45) is 3.17. The fourth-order valence-electron chi connectivity index (χ4n) is 3.56. The first-order valence-corrected chi connectivity index (χ1v) is 10.2. The fourth-order valence-corrected chi connectivity index (χ4v) is 3.56. The lowest BCUT2D eigenvalue weighted by atomic mass is 9.97. The largest absolute Gasteiger partial charge is 0.339 e. The number of benzene rings is 1. The topological polar surface area (TPSA) is 113 Å². The van der Waals surface area contributed by atoms with E-state index in [1.54, 1.807) is 17.2 Å². The molecule has 0 atom stereocenters. The summed E-state index contributed by atoms with van der Waals surface area (Å²) in [6, 6.07) is 10.8. The van der Waals surface area contributed by atoms with E-state index in [2.05, 4.69) is 25.8 Å². The Labute approximate surface area is 179 Å². The standard InChI is InChI=1S/C22H24N6O3/c1-14-6-7-17(13-19(14)24-15(2)29)25-22(30)28-11-8-16(9-12-28)21-26-20(27-31-21)18-5-3-4-10-23-18/h3-7,10,13,16H,8-9,11-12H2,1-2H3,(H,24,29)(H,25,30). The zero-order valence-electron chi connectivity index (χ0n) is 17.5. The lowest BCUT2D eigenvalue weighted by Gasteiger charge is -2.30. The summed E-state index contributed by atoms with van der Waals surface area (Å²) in [7, 11) is 0. The van der Waals surface area contributed by atoms with Crippen LogP contribution in [0.25, 0.3) is 11.5 Å². The van der Waals surface area contributed by atoms with Gasteiger partial charge in [-0.2, -0.15) is 4.98 Å². The van der Waals surface area contributed by atoms with E-state index in [1.165, 1.54) is 6.92 Å². The van der Waals surface area contributed by atoms with Gasteiger partial charge >= 0.3 is 6.03 Å². The third-order valence-corrected chi connectivity index (χ3v) is 5.27. The predicted octanol–water partition coefficient (Wildman–Crippen LogP) is 3.81. The van der Waals surface area contributed by atoms with Crippen LogP contribution in [0.3, 0.4) is 0 Å². The van der Waals surface area contributed by atoms with Gasteiger partial charge in [0.05, 0.1) is 0 Å². The van der Waals surface area contributed by atoms with Crippen LogP contribution in [0.15, 0.2) is 47.1 Å². The quantitative estimate of drug-likeness (QED) is 0.664. The number of rotatable bonds is 4. The number of amides is 3. The molecule has 9 nitrogen and oxygen atoms in total. The number of carbonyl (C=O) groups is 2. The number of anilines is 2. The van der Waals surface area contributed by atoms with Crippen molar-refractivity contribution >= 4 is 23.3 Å². The number of nitrogens with one attached hydrogen (secondary N) is 2. The number of aryl methyl sites for hydroxylation is 1. The second kappa shape index (κ2) is 8.95. The Morgan fingerprint density at radius 1 is 1.13 bits per heavy atom. The Kier molecular flexibility index (Phi) is 5.92. The number of nitrogens with zero attached hydrogens (tertiary/aromatic N) is 4. The molecule has 3 aromatic rings. The summed E-state index contributed by atoms with van der Waals surface area (Å²) in [5, 5.41) is 9.72. The van der Waals surface area contributed by atoms with Crippen molar-refractivity contribution in [2.75, 3.05) is 23.7 Å². The van der Waals surface area contributed by atoms with Crippen molar-refractivity contribution in [2.24, 2.45) is 0 Å². The highest BCUT2D eigenvalue weighted by Gasteiger charge is 2.28. The van der Waals surface area contributed by atoms with Gasteiger partial charge in [-0.05, 0) is 49.6 Å². The first-order chi connectivity index (χ1) is 15.0. The molecule has 0 aliphatic carbocycles. The summed E-state index contributed by atoms with van der Waals surface area (Å²) in [4.78, 5) is 34.5. The zero-order valence-corrected chi connectivity index (χ0v) is 17.5. The molecule has 1 fully saturated rings. The first-order valence-electron chi connectivity index (χ1n) is 10.2. The third kappa shape index (κ3) is 4.88. The monoisotopic (exact) mass is 420 g/mol. The maximum atomic E-state index is 12.7. The minimum atomic E-state index is -0.171. The molecule has 9 heteroatoms.